The Labute approximate surface area is 157 Å². The summed E-state index contributed by atoms with van der Waals surface area (Å²) in [6.45, 7) is 5.51. The van der Waals surface area contributed by atoms with Crippen LogP contribution in [-0.2, 0) is 0 Å². The Morgan fingerprint density at radius 3 is 2.56 bits per heavy atom. The number of benzene rings is 1. The van der Waals surface area contributed by atoms with Gasteiger partial charge < -0.3 is 10.6 Å². The van der Waals surface area contributed by atoms with Crippen LogP contribution in [-0.4, -0.2) is 34.1 Å². The van der Waals surface area contributed by atoms with Crippen molar-refractivity contribution in [1.82, 2.24) is 20.8 Å². The fourth-order valence-electron chi connectivity index (χ4n) is 2.57. The average Bonchev–Trinajstić information content (AvgIpc) is 3.47. The molecule has 2 aromatic rings. The first-order valence-electron chi connectivity index (χ1n) is 9.15. The first kappa shape index (κ1) is 18.9. The van der Waals surface area contributed by atoms with E-state index in [1.54, 1.807) is 25.1 Å². The molecule has 142 valence electrons. The van der Waals surface area contributed by atoms with Crippen molar-refractivity contribution in [2.24, 2.45) is 0 Å². The van der Waals surface area contributed by atoms with Crippen LogP contribution >= 0.6 is 0 Å². The van der Waals surface area contributed by atoms with Crippen molar-refractivity contribution in [2.45, 2.75) is 52.1 Å². The maximum atomic E-state index is 14.3. The van der Waals surface area contributed by atoms with E-state index in [1.807, 2.05) is 13.8 Å². The van der Waals surface area contributed by atoms with Crippen molar-refractivity contribution >= 4 is 11.8 Å². The maximum Gasteiger partial charge on any atom is 0.272 e. The van der Waals surface area contributed by atoms with Crippen molar-refractivity contribution in [3.8, 4) is 11.3 Å². The van der Waals surface area contributed by atoms with Gasteiger partial charge >= 0.3 is 0 Å². The van der Waals surface area contributed by atoms with Gasteiger partial charge in [-0.2, -0.15) is 0 Å². The zero-order chi connectivity index (χ0) is 19.6. The van der Waals surface area contributed by atoms with Crippen LogP contribution in [0, 0.1) is 12.7 Å². The minimum atomic E-state index is -0.478. The molecule has 7 heteroatoms. The molecule has 27 heavy (non-hydrogen) atoms. The third kappa shape index (κ3) is 4.48. The lowest BCUT2D eigenvalue weighted by Crippen LogP contribution is -2.32. The highest BCUT2D eigenvalue weighted by Gasteiger charge is 2.25. The molecule has 0 saturated heterocycles. The summed E-state index contributed by atoms with van der Waals surface area (Å²) in [4.78, 5) is 24.4. The number of aromatic nitrogens is 2. The number of hydrogen-bond donors (Lipinski definition) is 2. The van der Waals surface area contributed by atoms with Gasteiger partial charge in [0.1, 0.15) is 5.82 Å². The van der Waals surface area contributed by atoms with E-state index in [1.165, 1.54) is 6.07 Å². The minimum Gasteiger partial charge on any atom is -0.349 e. The standard InChI is InChI=1S/C20H23FN4O2/c1-4-11(2)22-20(27)18-8-7-17(24-25-18)15-9-13(10-16(21)12(15)3)19(26)23-14-5-6-14/h7-11,14H,4-6H2,1-3H3,(H,22,27)(H,23,26). The number of nitrogens with zero attached hydrogens (tertiary/aromatic N) is 2. The predicted octanol–water partition coefficient (Wildman–Crippen LogP) is 3.01. The van der Waals surface area contributed by atoms with E-state index in [9.17, 15) is 14.0 Å². The van der Waals surface area contributed by atoms with Gasteiger partial charge in [-0.25, -0.2) is 4.39 Å². The lowest BCUT2D eigenvalue weighted by atomic mass is 10.0. The first-order chi connectivity index (χ1) is 12.9. The number of carbonyl (C=O) groups excluding carboxylic acids is 2. The SMILES string of the molecule is CCC(C)NC(=O)c1ccc(-c2cc(C(=O)NC3CC3)cc(F)c2C)nn1. The molecule has 6 nitrogen and oxygen atoms in total. The lowest BCUT2D eigenvalue weighted by molar-refractivity contribution is 0.0930. The Hall–Kier alpha value is -2.83. The van der Waals surface area contributed by atoms with Crippen LogP contribution in [0.3, 0.4) is 0 Å². The second-order valence-corrected chi connectivity index (χ2v) is 6.96. The Balaban J connectivity index is 1.85. The topological polar surface area (TPSA) is 84.0 Å². The molecule has 1 aromatic carbocycles. The normalized spacial score (nSPS) is 14.5. The summed E-state index contributed by atoms with van der Waals surface area (Å²) in [6.07, 6.45) is 2.72. The second-order valence-electron chi connectivity index (χ2n) is 6.96. The van der Waals surface area contributed by atoms with E-state index in [0.29, 0.717) is 16.8 Å². The molecule has 3 rings (SSSR count). The van der Waals surface area contributed by atoms with Crippen LogP contribution in [0.25, 0.3) is 11.3 Å². The molecule has 0 radical (unpaired) electrons. The molecule has 0 spiro atoms. The molecule has 1 aliphatic carbocycles. The first-order valence-corrected chi connectivity index (χ1v) is 9.15. The van der Waals surface area contributed by atoms with E-state index >= 15 is 0 Å². The van der Waals surface area contributed by atoms with Gasteiger partial charge in [0.2, 0.25) is 0 Å². The van der Waals surface area contributed by atoms with Gasteiger partial charge in [-0.1, -0.05) is 6.92 Å². The quantitative estimate of drug-likeness (QED) is 0.819. The molecule has 1 heterocycles. The lowest BCUT2D eigenvalue weighted by Gasteiger charge is -2.12. The summed E-state index contributed by atoms with van der Waals surface area (Å²) >= 11 is 0. The van der Waals surface area contributed by atoms with Gasteiger partial charge in [0.05, 0.1) is 5.69 Å². The smallest absolute Gasteiger partial charge is 0.272 e. The van der Waals surface area contributed by atoms with Crippen LogP contribution < -0.4 is 10.6 Å². The largest absolute Gasteiger partial charge is 0.349 e. The van der Waals surface area contributed by atoms with Crippen LogP contribution in [0.15, 0.2) is 24.3 Å². The van der Waals surface area contributed by atoms with E-state index in [2.05, 4.69) is 20.8 Å². The van der Waals surface area contributed by atoms with Crippen molar-refractivity contribution < 1.29 is 14.0 Å². The highest BCUT2D eigenvalue weighted by molar-refractivity contribution is 5.96. The molecule has 1 atom stereocenters. The Morgan fingerprint density at radius 1 is 1.22 bits per heavy atom. The van der Waals surface area contributed by atoms with Gasteiger partial charge in [0.15, 0.2) is 5.69 Å². The fourth-order valence-corrected chi connectivity index (χ4v) is 2.57. The summed E-state index contributed by atoms with van der Waals surface area (Å²) in [7, 11) is 0. The molecule has 2 amide bonds. The van der Waals surface area contributed by atoms with Gasteiger partial charge in [0.25, 0.3) is 11.8 Å². The third-order valence-corrected chi connectivity index (χ3v) is 4.68. The predicted molar refractivity (Wildman–Crippen MR) is 99.9 cm³/mol. The van der Waals surface area contributed by atoms with E-state index in [-0.39, 0.29) is 35.2 Å². The molecule has 1 unspecified atom stereocenters. The number of rotatable bonds is 6. The average molecular weight is 370 g/mol. The van der Waals surface area contributed by atoms with Crippen molar-refractivity contribution in [2.75, 3.05) is 0 Å². The molecular weight excluding hydrogens is 347 g/mol. The monoisotopic (exact) mass is 370 g/mol. The zero-order valence-corrected chi connectivity index (χ0v) is 15.7. The van der Waals surface area contributed by atoms with Gasteiger partial charge in [-0.15, -0.1) is 10.2 Å². The molecular formula is C20H23FN4O2. The highest BCUT2D eigenvalue weighted by atomic mass is 19.1. The van der Waals surface area contributed by atoms with E-state index in [4.69, 9.17) is 0 Å². The van der Waals surface area contributed by atoms with Gasteiger partial charge in [0, 0.05) is 23.2 Å². The zero-order valence-electron chi connectivity index (χ0n) is 15.7. The third-order valence-electron chi connectivity index (χ3n) is 4.68. The van der Waals surface area contributed by atoms with Crippen LogP contribution in [0.5, 0.6) is 0 Å². The van der Waals surface area contributed by atoms with Crippen molar-refractivity contribution in [3.05, 3.63) is 46.9 Å². The number of hydrogen-bond acceptors (Lipinski definition) is 4. The summed E-state index contributed by atoms with van der Waals surface area (Å²) in [6, 6.07) is 6.24. The minimum absolute atomic E-state index is 0.0389. The molecule has 1 fully saturated rings. The van der Waals surface area contributed by atoms with Gasteiger partial charge in [-0.3, -0.25) is 9.59 Å². The fraction of sp³-hybridized carbons (Fsp3) is 0.400. The van der Waals surface area contributed by atoms with Crippen LogP contribution in [0.4, 0.5) is 4.39 Å². The molecule has 0 bridgehead atoms. The Morgan fingerprint density at radius 2 is 1.96 bits per heavy atom. The van der Waals surface area contributed by atoms with Crippen molar-refractivity contribution in [3.63, 3.8) is 0 Å². The summed E-state index contributed by atoms with van der Waals surface area (Å²) in [5.74, 6) is -1.08. The molecule has 0 aliphatic heterocycles. The number of nitrogens with one attached hydrogen (secondary N) is 2. The van der Waals surface area contributed by atoms with Crippen LogP contribution in [0.2, 0.25) is 0 Å². The van der Waals surface area contributed by atoms with E-state index < -0.39 is 5.82 Å². The number of halogens is 1. The molecule has 1 aliphatic rings. The summed E-state index contributed by atoms with van der Waals surface area (Å²) in [5.41, 5.74) is 1.72. The van der Waals surface area contributed by atoms with Gasteiger partial charge in [-0.05, 0) is 62.9 Å². The second kappa shape index (κ2) is 7.82. The van der Waals surface area contributed by atoms with Crippen molar-refractivity contribution in [1.29, 1.82) is 0 Å². The molecule has 1 saturated carbocycles. The maximum absolute atomic E-state index is 14.3. The summed E-state index contributed by atoms with van der Waals surface area (Å²) < 4.78 is 14.3. The number of amides is 2. The Kier molecular flexibility index (Phi) is 5.48. The van der Waals surface area contributed by atoms with Crippen LogP contribution in [0.1, 0.15) is 59.5 Å². The Bertz CT molecular complexity index is 863. The highest BCUT2D eigenvalue weighted by Crippen LogP contribution is 2.26. The summed E-state index contributed by atoms with van der Waals surface area (Å²) in [5, 5.41) is 13.7. The molecule has 1 aromatic heterocycles. The van der Waals surface area contributed by atoms with E-state index in [0.717, 1.165) is 19.3 Å². The number of carbonyl (C=O) groups is 2. The molecule has 2 N–H and O–H groups in total.